The van der Waals surface area contributed by atoms with Crippen LogP contribution >= 0.6 is 11.8 Å². The first kappa shape index (κ1) is 18.4. The number of benzene rings is 1. The average Bonchev–Trinajstić information content (AvgIpc) is 2.44. The van der Waals surface area contributed by atoms with Crippen LogP contribution in [-0.2, 0) is 11.0 Å². The third-order valence-corrected chi connectivity index (χ3v) is 4.31. The Morgan fingerprint density at radius 1 is 1.41 bits per heavy atom. The first-order valence-corrected chi connectivity index (χ1v) is 7.59. The molecule has 1 atom stereocenters. The number of nitrogens with zero attached hydrogens (tertiary/aromatic N) is 1. The minimum absolute atomic E-state index is 0.0503. The Hall–Kier alpha value is -1.68. The van der Waals surface area contributed by atoms with E-state index in [4.69, 9.17) is 5.26 Å². The van der Waals surface area contributed by atoms with Gasteiger partial charge in [0.05, 0.1) is 17.4 Å². The van der Waals surface area contributed by atoms with Crippen molar-refractivity contribution >= 4 is 17.7 Å². The van der Waals surface area contributed by atoms with Crippen molar-refractivity contribution in [2.45, 2.75) is 37.4 Å². The number of hydrogen-bond acceptors (Lipinski definition) is 3. The fourth-order valence-corrected chi connectivity index (χ4v) is 2.29. The van der Waals surface area contributed by atoms with Gasteiger partial charge in [-0.15, -0.1) is 11.8 Å². The zero-order valence-electron chi connectivity index (χ0n) is 12.5. The Labute approximate surface area is 131 Å². The van der Waals surface area contributed by atoms with Crippen LogP contribution in [-0.4, -0.2) is 17.2 Å². The highest BCUT2D eigenvalue weighted by Crippen LogP contribution is 2.31. The summed E-state index contributed by atoms with van der Waals surface area (Å²) >= 11 is 1.00. The second kappa shape index (κ2) is 7.05. The largest absolute Gasteiger partial charge is 0.416 e. The van der Waals surface area contributed by atoms with Crippen LogP contribution in [0.3, 0.4) is 0 Å². The van der Waals surface area contributed by atoms with Crippen molar-refractivity contribution in [1.29, 1.82) is 5.26 Å². The van der Waals surface area contributed by atoms with E-state index in [1.54, 1.807) is 6.92 Å². The highest BCUT2D eigenvalue weighted by atomic mass is 32.2. The van der Waals surface area contributed by atoms with Crippen molar-refractivity contribution in [2.75, 3.05) is 5.75 Å². The van der Waals surface area contributed by atoms with Crippen molar-refractivity contribution in [2.24, 2.45) is 5.92 Å². The summed E-state index contributed by atoms with van der Waals surface area (Å²) in [5.74, 6) is -0.522. The van der Waals surface area contributed by atoms with Gasteiger partial charge in [0.1, 0.15) is 5.54 Å². The molecular formula is C15H17F3N2OS. The zero-order chi connectivity index (χ0) is 17.0. The van der Waals surface area contributed by atoms with Gasteiger partial charge in [0.2, 0.25) is 5.91 Å². The SMILES string of the molecule is CC(C)[C@@](C)(C#N)NC(=O)CSc1cccc(C(F)(F)F)c1. The van der Waals surface area contributed by atoms with Gasteiger partial charge in [0.15, 0.2) is 0 Å². The van der Waals surface area contributed by atoms with E-state index in [0.29, 0.717) is 4.90 Å². The molecule has 1 rings (SSSR count). The number of rotatable bonds is 5. The number of halogens is 3. The lowest BCUT2D eigenvalue weighted by Crippen LogP contribution is -2.49. The van der Waals surface area contributed by atoms with Gasteiger partial charge in [0, 0.05) is 4.90 Å². The molecule has 120 valence electrons. The Balaban J connectivity index is 2.68. The topological polar surface area (TPSA) is 52.9 Å². The van der Waals surface area contributed by atoms with E-state index < -0.39 is 17.3 Å². The van der Waals surface area contributed by atoms with Crippen LogP contribution in [0.1, 0.15) is 26.3 Å². The van der Waals surface area contributed by atoms with Gasteiger partial charge < -0.3 is 5.32 Å². The molecule has 0 radical (unpaired) electrons. The molecule has 3 nitrogen and oxygen atoms in total. The van der Waals surface area contributed by atoms with Crippen molar-refractivity contribution in [3.63, 3.8) is 0 Å². The quantitative estimate of drug-likeness (QED) is 0.834. The molecule has 1 amide bonds. The number of carbonyl (C=O) groups is 1. The number of thioether (sulfide) groups is 1. The summed E-state index contributed by atoms with van der Waals surface area (Å²) < 4.78 is 37.8. The maximum Gasteiger partial charge on any atom is 0.416 e. The minimum atomic E-state index is -4.41. The molecule has 0 aliphatic carbocycles. The second-order valence-corrected chi connectivity index (χ2v) is 6.38. The Morgan fingerprint density at radius 3 is 2.55 bits per heavy atom. The van der Waals surface area contributed by atoms with Gasteiger partial charge in [-0.1, -0.05) is 19.9 Å². The standard InChI is InChI=1S/C15H17F3N2OS/c1-10(2)14(3,9-19)20-13(21)8-22-12-6-4-5-11(7-12)15(16,17)18/h4-7,10H,8H2,1-3H3,(H,20,21)/t14-/m1/s1. The number of carbonyl (C=O) groups excluding carboxylic acids is 1. The van der Waals surface area contributed by atoms with E-state index in [9.17, 15) is 18.0 Å². The summed E-state index contributed by atoms with van der Waals surface area (Å²) in [7, 11) is 0. The summed E-state index contributed by atoms with van der Waals surface area (Å²) in [4.78, 5) is 12.2. The summed E-state index contributed by atoms with van der Waals surface area (Å²) in [6.07, 6.45) is -4.41. The van der Waals surface area contributed by atoms with Gasteiger partial charge in [-0.3, -0.25) is 4.79 Å². The van der Waals surface area contributed by atoms with E-state index >= 15 is 0 Å². The molecule has 0 aromatic heterocycles. The molecule has 0 aliphatic heterocycles. The number of hydrogen-bond donors (Lipinski definition) is 1. The second-order valence-electron chi connectivity index (χ2n) is 5.33. The van der Waals surface area contributed by atoms with Crippen LogP contribution in [0.5, 0.6) is 0 Å². The van der Waals surface area contributed by atoms with Crippen molar-refractivity contribution < 1.29 is 18.0 Å². The van der Waals surface area contributed by atoms with E-state index in [1.807, 2.05) is 19.9 Å². The van der Waals surface area contributed by atoms with Crippen LogP contribution < -0.4 is 5.32 Å². The first-order chi connectivity index (χ1) is 10.1. The molecule has 0 saturated heterocycles. The number of nitriles is 1. The molecule has 0 bridgehead atoms. The van der Waals surface area contributed by atoms with Crippen molar-refractivity contribution in [3.05, 3.63) is 29.8 Å². The average molecular weight is 330 g/mol. The summed E-state index contributed by atoms with van der Waals surface area (Å²) in [6.45, 7) is 5.23. The number of amides is 1. The van der Waals surface area contributed by atoms with Crippen LogP contribution in [0.4, 0.5) is 13.2 Å². The molecule has 1 aromatic carbocycles. The number of nitrogens with one attached hydrogen (secondary N) is 1. The molecule has 0 heterocycles. The Morgan fingerprint density at radius 2 is 2.05 bits per heavy atom. The van der Waals surface area contributed by atoms with Crippen LogP contribution in [0.25, 0.3) is 0 Å². The Bertz CT molecular complexity index is 581. The van der Waals surface area contributed by atoms with Gasteiger partial charge in [-0.05, 0) is 31.0 Å². The number of alkyl halides is 3. The lowest BCUT2D eigenvalue weighted by atomic mass is 9.90. The van der Waals surface area contributed by atoms with Crippen molar-refractivity contribution in [3.8, 4) is 6.07 Å². The third-order valence-electron chi connectivity index (χ3n) is 3.32. The van der Waals surface area contributed by atoms with Gasteiger partial charge in [0.25, 0.3) is 0 Å². The molecule has 22 heavy (non-hydrogen) atoms. The first-order valence-electron chi connectivity index (χ1n) is 6.61. The summed E-state index contributed by atoms with van der Waals surface area (Å²) in [5, 5.41) is 11.7. The van der Waals surface area contributed by atoms with Gasteiger partial charge >= 0.3 is 6.18 Å². The van der Waals surface area contributed by atoms with Crippen LogP contribution in [0.2, 0.25) is 0 Å². The monoisotopic (exact) mass is 330 g/mol. The molecule has 0 spiro atoms. The molecule has 0 aliphatic rings. The van der Waals surface area contributed by atoms with Crippen molar-refractivity contribution in [1.82, 2.24) is 5.32 Å². The smallest absolute Gasteiger partial charge is 0.337 e. The van der Waals surface area contributed by atoms with Gasteiger partial charge in [-0.25, -0.2) is 0 Å². The zero-order valence-corrected chi connectivity index (χ0v) is 13.3. The van der Waals surface area contributed by atoms with E-state index in [-0.39, 0.29) is 17.6 Å². The third kappa shape index (κ3) is 4.95. The molecule has 0 fully saturated rings. The summed E-state index contributed by atoms with van der Waals surface area (Å²) in [6, 6.07) is 6.85. The lowest BCUT2D eigenvalue weighted by Gasteiger charge is -2.27. The molecule has 0 saturated carbocycles. The minimum Gasteiger partial charge on any atom is -0.337 e. The molecular weight excluding hydrogens is 313 g/mol. The molecule has 1 aromatic rings. The lowest BCUT2D eigenvalue weighted by molar-refractivity contribution is -0.137. The highest BCUT2D eigenvalue weighted by molar-refractivity contribution is 8.00. The van der Waals surface area contributed by atoms with E-state index in [1.165, 1.54) is 12.1 Å². The predicted molar refractivity (Wildman–Crippen MR) is 79.2 cm³/mol. The highest BCUT2D eigenvalue weighted by Gasteiger charge is 2.31. The van der Waals surface area contributed by atoms with E-state index in [2.05, 4.69) is 5.32 Å². The molecule has 1 N–H and O–H groups in total. The summed E-state index contributed by atoms with van der Waals surface area (Å²) in [5.41, 5.74) is -1.74. The molecule has 0 unspecified atom stereocenters. The maximum absolute atomic E-state index is 12.6. The molecule has 7 heteroatoms. The van der Waals surface area contributed by atoms with Crippen LogP contribution in [0, 0.1) is 17.2 Å². The fourth-order valence-electron chi connectivity index (χ4n) is 1.54. The Kier molecular flexibility index (Phi) is 5.89. The fraction of sp³-hybridized carbons (Fsp3) is 0.467. The van der Waals surface area contributed by atoms with Crippen LogP contribution in [0.15, 0.2) is 29.2 Å². The van der Waals surface area contributed by atoms with E-state index in [0.717, 1.165) is 23.9 Å². The van der Waals surface area contributed by atoms with Gasteiger partial charge in [-0.2, -0.15) is 18.4 Å². The normalized spacial score (nSPS) is 14.3. The predicted octanol–water partition coefficient (Wildman–Crippen LogP) is 3.85. The maximum atomic E-state index is 12.6.